The molecule has 1 aliphatic rings. The molecule has 0 aliphatic carbocycles. The summed E-state index contributed by atoms with van der Waals surface area (Å²) >= 11 is 4.88. The van der Waals surface area contributed by atoms with E-state index in [0.29, 0.717) is 15.1 Å². The number of esters is 1. The van der Waals surface area contributed by atoms with Gasteiger partial charge in [0.25, 0.3) is 0 Å². The van der Waals surface area contributed by atoms with Gasteiger partial charge in [0.05, 0.1) is 16.5 Å². The van der Waals surface area contributed by atoms with Crippen LogP contribution in [0.1, 0.15) is 15.9 Å². The van der Waals surface area contributed by atoms with Crippen molar-refractivity contribution in [1.82, 2.24) is 0 Å². The quantitative estimate of drug-likeness (QED) is 0.560. The van der Waals surface area contributed by atoms with Crippen LogP contribution in [0.25, 0.3) is 6.08 Å². The Morgan fingerprint density at radius 1 is 1.25 bits per heavy atom. The number of thioether (sulfide) groups is 1. The number of ketones is 1. The van der Waals surface area contributed by atoms with Gasteiger partial charge in [-0.1, -0.05) is 30.0 Å². The van der Waals surface area contributed by atoms with Crippen molar-refractivity contribution in [3.63, 3.8) is 0 Å². The fraction of sp³-hybridized carbons (Fsp3) is 0.111. The van der Waals surface area contributed by atoms with Crippen LogP contribution in [-0.2, 0) is 9.53 Å². The monoisotopic (exact) mass is 404 g/mol. The van der Waals surface area contributed by atoms with E-state index in [9.17, 15) is 9.59 Å². The number of ether oxygens (including phenoxy) is 2. The highest BCUT2D eigenvalue weighted by atomic mass is 79.9. The molecule has 1 heterocycles. The van der Waals surface area contributed by atoms with Crippen LogP contribution in [0.5, 0.6) is 5.75 Å². The molecule has 0 saturated heterocycles. The molecule has 0 amide bonds. The second-order valence-corrected chi connectivity index (χ2v) is 6.93. The smallest absolute Gasteiger partial charge is 0.343 e. The number of methoxy groups -OCH3 is 1. The van der Waals surface area contributed by atoms with Gasteiger partial charge >= 0.3 is 5.97 Å². The van der Waals surface area contributed by atoms with E-state index >= 15 is 0 Å². The minimum absolute atomic E-state index is 0.0396. The van der Waals surface area contributed by atoms with Gasteiger partial charge in [-0.2, -0.15) is 0 Å². The predicted octanol–water partition coefficient (Wildman–Crippen LogP) is 4.33. The molecule has 0 atom stereocenters. The summed E-state index contributed by atoms with van der Waals surface area (Å²) in [6, 6.07) is 13.0. The molecule has 2 aromatic rings. The first-order chi connectivity index (χ1) is 11.6. The lowest BCUT2D eigenvalue weighted by Crippen LogP contribution is -2.12. The van der Waals surface area contributed by atoms with Gasteiger partial charge < -0.3 is 9.47 Å². The molecule has 24 heavy (non-hydrogen) atoms. The van der Waals surface area contributed by atoms with Gasteiger partial charge in [0, 0.05) is 10.5 Å². The van der Waals surface area contributed by atoms with Crippen LogP contribution in [0.4, 0.5) is 0 Å². The topological polar surface area (TPSA) is 52.6 Å². The zero-order chi connectivity index (χ0) is 17.1. The standard InChI is InChI=1S/C18H13BrO4S/c1-22-17(20)10-23-14-7-6-11(8-13(14)19)9-16-18(21)12-4-2-3-5-15(12)24-16/h2-9H,10H2,1H3/b16-9-. The predicted molar refractivity (Wildman–Crippen MR) is 96.3 cm³/mol. The molecule has 2 aromatic carbocycles. The Hall–Kier alpha value is -2.05. The molecule has 6 heteroatoms. The van der Waals surface area contributed by atoms with Crippen molar-refractivity contribution in [3.8, 4) is 5.75 Å². The highest BCUT2D eigenvalue weighted by molar-refractivity contribution is 9.10. The Balaban J connectivity index is 1.78. The molecule has 0 fully saturated rings. The lowest BCUT2D eigenvalue weighted by atomic mass is 10.1. The van der Waals surface area contributed by atoms with Gasteiger partial charge in [-0.25, -0.2) is 4.79 Å². The Bertz CT molecular complexity index is 845. The number of Topliss-reactive ketones (excluding diaryl/α,β-unsaturated/α-hetero) is 1. The maximum absolute atomic E-state index is 12.4. The molecule has 0 aromatic heterocycles. The van der Waals surface area contributed by atoms with Gasteiger partial charge in [-0.3, -0.25) is 4.79 Å². The minimum Gasteiger partial charge on any atom is -0.481 e. The van der Waals surface area contributed by atoms with E-state index in [1.54, 1.807) is 6.07 Å². The van der Waals surface area contributed by atoms with Gasteiger partial charge in [0.1, 0.15) is 5.75 Å². The summed E-state index contributed by atoms with van der Waals surface area (Å²) in [4.78, 5) is 25.2. The Morgan fingerprint density at radius 3 is 2.75 bits per heavy atom. The summed E-state index contributed by atoms with van der Waals surface area (Å²) < 4.78 is 10.6. The lowest BCUT2D eigenvalue weighted by Gasteiger charge is -2.07. The highest BCUT2D eigenvalue weighted by Crippen LogP contribution is 2.41. The largest absolute Gasteiger partial charge is 0.481 e. The first kappa shape index (κ1) is 16.8. The number of carbonyl (C=O) groups is 2. The van der Waals surface area contributed by atoms with E-state index in [1.807, 2.05) is 42.5 Å². The van der Waals surface area contributed by atoms with Crippen LogP contribution >= 0.6 is 27.7 Å². The zero-order valence-electron chi connectivity index (χ0n) is 12.7. The molecule has 122 valence electrons. The number of carbonyl (C=O) groups excluding carboxylic acids is 2. The molecule has 0 unspecified atom stereocenters. The lowest BCUT2D eigenvalue weighted by molar-refractivity contribution is -0.142. The third-order valence-corrected chi connectivity index (χ3v) is 5.12. The van der Waals surface area contributed by atoms with Gasteiger partial charge in [-0.05, 0) is 51.8 Å². The van der Waals surface area contributed by atoms with Crippen molar-refractivity contribution < 1.29 is 19.1 Å². The van der Waals surface area contributed by atoms with Crippen LogP contribution in [0.15, 0.2) is 56.7 Å². The van der Waals surface area contributed by atoms with E-state index in [-0.39, 0.29) is 12.4 Å². The van der Waals surface area contributed by atoms with E-state index in [4.69, 9.17) is 4.74 Å². The number of halogens is 1. The van der Waals surface area contributed by atoms with Crippen molar-refractivity contribution in [2.24, 2.45) is 0 Å². The zero-order valence-corrected chi connectivity index (χ0v) is 15.1. The van der Waals surface area contributed by atoms with Crippen LogP contribution in [0.2, 0.25) is 0 Å². The molecule has 0 radical (unpaired) electrons. The minimum atomic E-state index is -0.446. The van der Waals surface area contributed by atoms with E-state index in [1.165, 1.54) is 18.9 Å². The fourth-order valence-corrected chi connectivity index (χ4v) is 3.77. The van der Waals surface area contributed by atoms with Gasteiger partial charge in [0.15, 0.2) is 6.61 Å². The Morgan fingerprint density at radius 2 is 2.04 bits per heavy atom. The van der Waals surface area contributed by atoms with Crippen LogP contribution in [-0.4, -0.2) is 25.5 Å². The van der Waals surface area contributed by atoms with Gasteiger partial charge in [0.2, 0.25) is 5.78 Å². The molecule has 0 spiro atoms. The van der Waals surface area contributed by atoms with E-state index in [2.05, 4.69) is 20.7 Å². The molecule has 0 saturated carbocycles. The van der Waals surface area contributed by atoms with E-state index < -0.39 is 5.97 Å². The highest BCUT2D eigenvalue weighted by Gasteiger charge is 2.25. The second kappa shape index (κ2) is 7.23. The molecule has 4 nitrogen and oxygen atoms in total. The molecular formula is C18H13BrO4S. The number of hydrogen-bond acceptors (Lipinski definition) is 5. The number of benzene rings is 2. The summed E-state index contributed by atoms with van der Waals surface area (Å²) in [5.41, 5.74) is 1.61. The maximum atomic E-state index is 12.4. The summed E-state index contributed by atoms with van der Waals surface area (Å²) in [5, 5.41) is 0. The molecule has 0 N–H and O–H groups in total. The fourth-order valence-electron chi connectivity index (χ4n) is 2.21. The third kappa shape index (κ3) is 3.55. The van der Waals surface area contributed by atoms with Crippen molar-refractivity contribution in [1.29, 1.82) is 0 Å². The van der Waals surface area contributed by atoms with E-state index in [0.717, 1.165) is 16.0 Å². The number of fused-ring (bicyclic) bond motifs is 1. The van der Waals surface area contributed by atoms with Crippen LogP contribution in [0.3, 0.4) is 0 Å². The summed E-state index contributed by atoms with van der Waals surface area (Å²) in [6.45, 7) is -0.154. The Kier molecular flexibility index (Phi) is 5.06. The average Bonchev–Trinajstić information content (AvgIpc) is 2.90. The molecular weight excluding hydrogens is 392 g/mol. The SMILES string of the molecule is COC(=O)COc1ccc(/C=C2\Sc3ccccc3C2=O)cc1Br. The van der Waals surface area contributed by atoms with Crippen molar-refractivity contribution in [2.75, 3.05) is 13.7 Å². The van der Waals surface area contributed by atoms with Gasteiger partial charge in [-0.15, -0.1) is 0 Å². The first-order valence-corrected chi connectivity index (χ1v) is 8.72. The number of rotatable bonds is 4. The normalized spacial score (nSPS) is 14.6. The van der Waals surface area contributed by atoms with Crippen molar-refractivity contribution >= 4 is 45.5 Å². The third-order valence-electron chi connectivity index (χ3n) is 3.40. The molecule has 1 aliphatic heterocycles. The number of hydrogen-bond donors (Lipinski definition) is 0. The Labute approximate surface area is 152 Å². The molecule has 0 bridgehead atoms. The summed E-state index contributed by atoms with van der Waals surface area (Å²) in [7, 11) is 1.31. The second-order valence-electron chi connectivity index (χ2n) is 4.99. The summed E-state index contributed by atoms with van der Waals surface area (Å²) in [5.74, 6) is 0.132. The van der Waals surface area contributed by atoms with Crippen LogP contribution < -0.4 is 4.74 Å². The number of allylic oxidation sites excluding steroid dienone is 1. The molecule has 3 rings (SSSR count). The maximum Gasteiger partial charge on any atom is 0.343 e. The first-order valence-electron chi connectivity index (χ1n) is 7.11. The van der Waals surface area contributed by atoms with Crippen molar-refractivity contribution in [2.45, 2.75) is 4.90 Å². The van der Waals surface area contributed by atoms with Crippen LogP contribution in [0, 0.1) is 0 Å². The average molecular weight is 405 g/mol. The summed E-state index contributed by atoms with van der Waals surface area (Å²) in [6.07, 6.45) is 1.85. The van der Waals surface area contributed by atoms with Crippen molar-refractivity contribution in [3.05, 3.63) is 63.0 Å².